The Bertz CT molecular complexity index is 1550. The summed E-state index contributed by atoms with van der Waals surface area (Å²) in [4.78, 5) is 35.2. The molecule has 0 bridgehead atoms. The smallest absolute Gasteiger partial charge is 0.462 e. The highest BCUT2D eigenvalue weighted by molar-refractivity contribution is 7.47. The maximum Gasteiger partial charge on any atom is 0.472 e. The lowest BCUT2D eigenvalue weighted by molar-refractivity contribution is -0.161. The van der Waals surface area contributed by atoms with Gasteiger partial charge in [0.15, 0.2) is 6.10 Å². The number of carbonyl (C=O) groups is 2. The van der Waals surface area contributed by atoms with Crippen molar-refractivity contribution in [1.29, 1.82) is 0 Å². The van der Waals surface area contributed by atoms with Gasteiger partial charge < -0.3 is 20.1 Å². The summed E-state index contributed by atoms with van der Waals surface area (Å²) >= 11 is 0. The van der Waals surface area contributed by atoms with E-state index in [1.54, 1.807) is 0 Å². The average molecular weight is 1070 g/mol. The molecule has 0 fully saturated rings. The van der Waals surface area contributed by atoms with Crippen LogP contribution in [0.1, 0.15) is 271 Å². The molecule has 0 heterocycles. The van der Waals surface area contributed by atoms with Gasteiger partial charge in [-0.25, -0.2) is 4.57 Å². The number of esters is 2. The van der Waals surface area contributed by atoms with E-state index >= 15 is 0 Å². The van der Waals surface area contributed by atoms with Gasteiger partial charge in [0.25, 0.3) is 0 Å². The lowest BCUT2D eigenvalue weighted by Crippen LogP contribution is -2.29. The molecule has 0 aliphatic carbocycles. The zero-order valence-electron chi connectivity index (χ0n) is 48.3. The van der Waals surface area contributed by atoms with Crippen LogP contribution >= 0.6 is 7.82 Å². The Morgan fingerprint density at radius 3 is 1.03 bits per heavy atom. The van der Waals surface area contributed by atoms with Crippen molar-refractivity contribution >= 4 is 19.8 Å². The highest BCUT2D eigenvalue weighted by Crippen LogP contribution is 2.43. The molecule has 0 aromatic heterocycles. The fourth-order valence-corrected chi connectivity index (χ4v) is 9.27. The minimum absolute atomic E-state index is 0.0497. The van der Waals surface area contributed by atoms with Gasteiger partial charge in [-0.2, -0.15) is 0 Å². The number of phosphoric acid groups is 1. The molecule has 0 amide bonds. The molecule has 0 spiro atoms. The van der Waals surface area contributed by atoms with Crippen LogP contribution in [-0.4, -0.2) is 49.3 Å². The van der Waals surface area contributed by atoms with Gasteiger partial charge in [0.1, 0.15) is 6.61 Å². The Morgan fingerprint density at radius 1 is 0.400 bits per heavy atom. The van der Waals surface area contributed by atoms with Gasteiger partial charge in [-0.1, -0.05) is 265 Å². The molecule has 75 heavy (non-hydrogen) atoms. The maximum atomic E-state index is 12.7. The van der Waals surface area contributed by atoms with Crippen molar-refractivity contribution in [3.05, 3.63) is 97.2 Å². The molecule has 0 aliphatic heterocycles. The largest absolute Gasteiger partial charge is 0.472 e. The summed E-state index contributed by atoms with van der Waals surface area (Å²) in [6, 6.07) is 0. The first-order valence-corrected chi connectivity index (χ1v) is 32.2. The number of rotatable bonds is 57. The summed E-state index contributed by atoms with van der Waals surface area (Å²) < 4.78 is 33.0. The van der Waals surface area contributed by atoms with Crippen molar-refractivity contribution in [2.45, 2.75) is 277 Å². The Kier molecular flexibility index (Phi) is 57.7. The van der Waals surface area contributed by atoms with Crippen LogP contribution in [0.15, 0.2) is 97.2 Å². The molecule has 0 saturated carbocycles. The van der Waals surface area contributed by atoms with Gasteiger partial charge in [0.2, 0.25) is 0 Å². The van der Waals surface area contributed by atoms with E-state index in [2.05, 4.69) is 111 Å². The SMILES string of the molecule is CC/C=C\C/C=C\C/C=C\C/C=C\C/C=C\CCCCCCCCCCCCCCCCCCCCCCCC(=O)OC(COC(=O)CCCCCCCCC/C=C\C/C=C\C/C=C\CC)COP(=O)(O)OCCN. The van der Waals surface area contributed by atoms with Crippen LogP contribution < -0.4 is 5.73 Å². The highest BCUT2D eigenvalue weighted by Gasteiger charge is 2.26. The van der Waals surface area contributed by atoms with E-state index in [4.69, 9.17) is 24.3 Å². The molecule has 432 valence electrons. The first kappa shape index (κ1) is 71.9. The van der Waals surface area contributed by atoms with Gasteiger partial charge >= 0.3 is 19.8 Å². The van der Waals surface area contributed by atoms with Gasteiger partial charge in [-0.05, 0) is 89.9 Å². The molecular formula is C65H114NO8P. The van der Waals surface area contributed by atoms with Crippen molar-refractivity contribution in [2.75, 3.05) is 26.4 Å². The summed E-state index contributed by atoms with van der Waals surface area (Å²) in [5.41, 5.74) is 5.38. The quantitative estimate of drug-likeness (QED) is 0.0264. The van der Waals surface area contributed by atoms with Gasteiger partial charge in [0.05, 0.1) is 13.2 Å². The van der Waals surface area contributed by atoms with E-state index in [0.717, 1.165) is 103 Å². The molecule has 0 saturated heterocycles. The molecule has 0 aromatic carbocycles. The highest BCUT2D eigenvalue weighted by atomic mass is 31.2. The molecular weight excluding hydrogens is 954 g/mol. The molecule has 0 rings (SSSR count). The zero-order chi connectivity index (χ0) is 54.5. The summed E-state index contributed by atoms with van der Waals surface area (Å²) in [7, 11) is -4.39. The van der Waals surface area contributed by atoms with Crippen LogP contribution in [0.25, 0.3) is 0 Å². The van der Waals surface area contributed by atoms with E-state index in [-0.39, 0.29) is 38.6 Å². The lowest BCUT2D eigenvalue weighted by Gasteiger charge is -2.19. The second-order valence-corrected chi connectivity index (χ2v) is 21.6. The average Bonchev–Trinajstić information content (AvgIpc) is 3.40. The minimum atomic E-state index is -4.39. The molecule has 3 N–H and O–H groups in total. The third-order valence-corrected chi connectivity index (χ3v) is 13.9. The van der Waals surface area contributed by atoms with Gasteiger partial charge in [-0.15, -0.1) is 0 Å². The third kappa shape index (κ3) is 60.0. The van der Waals surface area contributed by atoms with Crippen molar-refractivity contribution in [2.24, 2.45) is 5.73 Å². The summed E-state index contributed by atoms with van der Waals surface area (Å²) in [6.07, 6.45) is 80.6. The molecule has 0 aliphatic rings. The van der Waals surface area contributed by atoms with Crippen LogP contribution in [-0.2, 0) is 32.7 Å². The van der Waals surface area contributed by atoms with Crippen LogP contribution in [0.3, 0.4) is 0 Å². The number of hydrogen-bond acceptors (Lipinski definition) is 8. The molecule has 0 radical (unpaired) electrons. The monoisotopic (exact) mass is 1070 g/mol. The van der Waals surface area contributed by atoms with Crippen molar-refractivity contribution in [3.8, 4) is 0 Å². The number of carbonyl (C=O) groups excluding carboxylic acids is 2. The Labute approximate surface area is 461 Å². The number of ether oxygens (including phenoxy) is 2. The van der Waals surface area contributed by atoms with E-state index in [1.807, 2.05) is 0 Å². The molecule has 0 aromatic rings. The van der Waals surface area contributed by atoms with E-state index in [9.17, 15) is 19.0 Å². The van der Waals surface area contributed by atoms with Crippen LogP contribution in [0.5, 0.6) is 0 Å². The fourth-order valence-electron chi connectivity index (χ4n) is 8.50. The number of unbranched alkanes of at least 4 members (excludes halogenated alkanes) is 28. The second kappa shape index (κ2) is 60.2. The van der Waals surface area contributed by atoms with Crippen molar-refractivity contribution in [3.63, 3.8) is 0 Å². The van der Waals surface area contributed by atoms with Crippen LogP contribution in [0, 0.1) is 0 Å². The van der Waals surface area contributed by atoms with Crippen molar-refractivity contribution in [1.82, 2.24) is 0 Å². The van der Waals surface area contributed by atoms with Crippen LogP contribution in [0.4, 0.5) is 0 Å². The minimum Gasteiger partial charge on any atom is -0.462 e. The first-order chi connectivity index (χ1) is 36.8. The number of nitrogens with two attached hydrogens (primary N) is 1. The fraction of sp³-hybridized carbons (Fsp3) is 0.723. The van der Waals surface area contributed by atoms with Gasteiger partial charge in [0, 0.05) is 19.4 Å². The van der Waals surface area contributed by atoms with E-state index < -0.39 is 26.5 Å². The maximum absolute atomic E-state index is 12.7. The normalized spacial score (nSPS) is 13.7. The number of hydrogen-bond donors (Lipinski definition) is 2. The third-order valence-electron chi connectivity index (χ3n) is 13.0. The topological polar surface area (TPSA) is 134 Å². The van der Waals surface area contributed by atoms with Crippen molar-refractivity contribution < 1.29 is 37.6 Å². The Morgan fingerprint density at radius 2 is 0.693 bits per heavy atom. The number of allylic oxidation sites excluding steroid dienone is 16. The first-order valence-electron chi connectivity index (χ1n) is 30.7. The van der Waals surface area contributed by atoms with Gasteiger partial charge in [-0.3, -0.25) is 18.6 Å². The summed E-state index contributed by atoms with van der Waals surface area (Å²) in [5.74, 6) is -0.834. The molecule has 2 atom stereocenters. The summed E-state index contributed by atoms with van der Waals surface area (Å²) in [6.45, 7) is 3.52. The predicted octanol–water partition coefficient (Wildman–Crippen LogP) is 19.6. The predicted molar refractivity (Wildman–Crippen MR) is 321 cm³/mol. The van der Waals surface area contributed by atoms with E-state index in [1.165, 1.54) is 135 Å². The van der Waals surface area contributed by atoms with Crippen LogP contribution in [0.2, 0.25) is 0 Å². The molecule has 10 heteroatoms. The zero-order valence-corrected chi connectivity index (χ0v) is 49.2. The second-order valence-electron chi connectivity index (χ2n) is 20.2. The Hall–Kier alpha value is -3.07. The standard InChI is InChI=1S/C65H114NO8P/c1-3-5-7-9-11-13-15-17-19-21-22-23-24-25-26-27-28-29-30-31-32-33-34-35-36-37-38-39-40-42-44-46-48-50-52-54-56-58-65(68)74-63(62-73-75(69,70)72-60-59-66)61-71-64(67)57-55-53-51-49-47-45-43-41-20-18-16-14-12-10-8-6-4-2/h5-8,11-14,17-20,22-23,25-26,63H,3-4,9-10,15-16,21,24,27-62,66H2,1-2H3,(H,69,70)/b7-5-,8-6-,13-11-,14-12-,19-17-,20-18-,23-22-,26-25-. The Balaban J connectivity index is 3.85. The van der Waals surface area contributed by atoms with E-state index in [0.29, 0.717) is 6.42 Å². The number of phosphoric ester groups is 1. The lowest BCUT2D eigenvalue weighted by atomic mass is 10.0. The summed E-state index contributed by atoms with van der Waals surface area (Å²) in [5, 5.41) is 0. The molecule has 9 nitrogen and oxygen atoms in total. The molecule has 2 unspecified atom stereocenters.